The molecular weight excluding hydrogens is 571 g/mol. The summed E-state index contributed by atoms with van der Waals surface area (Å²) in [6.07, 6.45) is 14.6. The standard InChI is InChI=1S/C44H43N3/c1-7-46(39-17-10-9-14-31(39)2)36-16-13-15-32(27-36)26-33-18-20-37-38-29-35(44(6)23-11-8-12-24-44)19-21-40(38)47(41(37)28-33)42-30-34(22-25-45-42)43(3,4)5/h7-23,25,27-30H,1,24,26H2,2-6H3. The van der Waals surface area contributed by atoms with Gasteiger partial charge in [-0.05, 0) is 102 Å². The van der Waals surface area contributed by atoms with Gasteiger partial charge in [0.2, 0.25) is 0 Å². The first-order valence-corrected chi connectivity index (χ1v) is 16.6. The summed E-state index contributed by atoms with van der Waals surface area (Å²) in [7, 11) is 0. The van der Waals surface area contributed by atoms with Gasteiger partial charge in [0.25, 0.3) is 0 Å². The summed E-state index contributed by atoms with van der Waals surface area (Å²) in [5.74, 6) is 0.955. The van der Waals surface area contributed by atoms with E-state index < -0.39 is 0 Å². The topological polar surface area (TPSA) is 21.1 Å². The van der Waals surface area contributed by atoms with E-state index in [2.05, 4.69) is 172 Å². The van der Waals surface area contributed by atoms with E-state index >= 15 is 0 Å². The summed E-state index contributed by atoms with van der Waals surface area (Å²) in [4.78, 5) is 7.11. The van der Waals surface area contributed by atoms with E-state index in [1.807, 2.05) is 12.4 Å². The van der Waals surface area contributed by atoms with E-state index in [-0.39, 0.29) is 10.8 Å². The normalized spacial score (nSPS) is 16.2. The molecule has 47 heavy (non-hydrogen) atoms. The molecule has 0 amide bonds. The molecule has 0 spiro atoms. The largest absolute Gasteiger partial charge is 0.318 e. The quantitative estimate of drug-likeness (QED) is 0.179. The first-order chi connectivity index (χ1) is 22.6. The smallest absolute Gasteiger partial charge is 0.137 e. The van der Waals surface area contributed by atoms with Gasteiger partial charge in [0.15, 0.2) is 0 Å². The lowest BCUT2D eigenvalue weighted by molar-refractivity contribution is 0.588. The number of aromatic nitrogens is 2. The summed E-state index contributed by atoms with van der Waals surface area (Å²) in [6.45, 7) is 15.4. The molecule has 1 atom stereocenters. The third-order valence-electron chi connectivity index (χ3n) is 9.74. The fraction of sp³-hybridized carbons (Fsp3) is 0.205. The number of hydrogen-bond donors (Lipinski definition) is 0. The van der Waals surface area contributed by atoms with Crippen molar-refractivity contribution in [1.29, 1.82) is 0 Å². The van der Waals surface area contributed by atoms with Crippen LogP contribution in [0.4, 0.5) is 11.4 Å². The molecule has 0 radical (unpaired) electrons. The molecule has 1 aliphatic carbocycles. The SMILES string of the molecule is C=CN(c1cccc(Cc2ccc3c4cc(C5(C)C=CC=CC5)ccc4n(-c4cc(C(C)(C)C)ccn4)c3c2)c1)c1ccccc1C. The number of pyridine rings is 1. The minimum absolute atomic E-state index is 0.0207. The lowest BCUT2D eigenvalue weighted by Gasteiger charge is -2.27. The van der Waals surface area contributed by atoms with Crippen LogP contribution in [-0.2, 0) is 17.3 Å². The summed E-state index contributed by atoms with van der Waals surface area (Å²) in [5, 5.41) is 2.51. The Labute approximate surface area is 279 Å². The van der Waals surface area contributed by atoms with Crippen molar-refractivity contribution in [2.45, 2.75) is 58.3 Å². The van der Waals surface area contributed by atoms with Crippen molar-refractivity contribution in [1.82, 2.24) is 9.55 Å². The zero-order valence-electron chi connectivity index (χ0n) is 28.2. The minimum Gasteiger partial charge on any atom is -0.318 e. The van der Waals surface area contributed by atoms with Crippen LogP contribution in [0.15, 0.2) is 140 Å². The molecule has 0 fully saturated rings. The number of hydrogen-bond acceptors (Lipinski definition) is 2. The van der Waals surface area contributed by atoms with Crippen molar-refractivity contribution >= 4 is 33.2 Å². The molecule has 3 nitrogen and oxygen atoms in total. The molecule has 234 valence electrons. The Morgan fingerprint density at radius 1 is 0.851 bits per heavy atom. The van der Waals surface area contributed by atoms with Crippen LogP contribution < -0.4 is 4.90 Å². The lowest BCUT2D eigenvalue weighted by atomic mass is 9.77. The highest BCUT2D eigenvalue weighted by atomic mass is 15.1. The third-order valence-corrected chi connectivity index (χ3v) is 9.74. The summed E-state index contributed by atoms with van der Waals surface area (Å²) in [6, 6.07) is 35.6. The Balaban J connectivity index is 1.35. The second-order valence-corrected chi connectivity index (χ2v) is 14.2. The molecule has 1 aliphatic rings. The Hall–Kier alpha value is -5.15. The Bertz CT molecular complexity index is 2190. The predicted molar refractivity (Wildman–Crippen MR) is 200 cm³/mol. The number of rotatable bonds is 7. The average Bonchev–Trinajstić information content (AvgIpc) is 3.39. The predicted octanol–water partition coefficient (Wildman–Crippen LogP) is 11.4. The van der Waals surface area contributed by atoms with E-state index in [1.54, 1.807) is 0 Å². The van der Waals surface area contributed by atoms with Gasteiger partial charge in [0, 0.05) is 40.0 Å². The molecule has 4 aromatic carbocycles. The van der Waals surface area contributed by atoms with Gasteiger partial charge in [-0.1, -0.05) is 107 Å². The second kappa shape index (κ2) is 11.9. The van der Waals surface area contributed by atoms with Crippen molar-refractivity contribution in [2.24, 2.45) is 0 Å². The Kier molecular flexibility index (Phi) is 7.72. The Morgan fingerprint density at radius 2 is 1.68 bits per heavy atom. The lowest BCUT2D eigenvalue weighted by Crippen LogP contribution is -2.19. The van der Waals surface area contributed by atoms with Crippen molar-refractivity contribution in [2.75, 3.05) is 4.90 Å². The highest BCUT2D eigenvalue weighted by Gasteiger charge is 2.25. The van der Waals surface area contributed by atoms with Crippen LogP contribution in [-0.4, -0.2) is 9.55 Å². The van der Waals surface area contributed by atoms with E-state index in [4.69, 9.17) is 4.98 Å². The zero-order valence-corrected chi connectivity index (χ0v) is 28.2. The molecule has 6 aromatic rings. The van der Waals surface area contributed by atoms with Gasteiger partial charge in [-0.2, -0.15) is 0 Å². The number of aryl methyl sites for hydroxylation is 1. The van der Waals surface area contributed by atoms with E-state index in [1.165, 1.54) is 49.6 Å². The van der Waals surface area contributed by atoms with Crippen LogP contribution in [0.3, 0.4) is 0 Å². The third kappa shape index (κ3) is 5.72. The highest BCUT2D eigenvalue weighted by molar-refractivity contribution is 6.09. The second-order valence-electron chi connectivity index (χ2n) is 14.2. The molecule has 0 aliphatic heterocycles. The monoisotopic (exact) mass is 613 g/mol. The molecule has 2 aromatic heterocycles. The van der Waals surface area contributed by atoms with Crippen molar-refractivity contribution in [3.05, 3.63) is 168 Å². The highest BCUT2D eigenvalue weighted by Crippen LogP contribution is 2.39. The number of allylic oxidation sites excluding steroid dienone is 4. The van der Waals surface area contributed by atoms with Gasteiger partial charge in [-0.3, -0.25) is 4.57 Å². The Morgan fingerprint density at radius 3 is 2.45 bits per heavy atom. The fourth-order valence-electron chi connectivity index (χ4n) is 6.96. The molecule has 0 saturated carbocycles. The number of anilines is 2. The summed E-state index contributed by atoms with van der Waals surface area (Å²) >= 11 is 0. The van der Waals surface area contributed by atoms with Gasteiger partial charge in [-0.15, -0.1) is 0 Å². The van der Waals surface area contributed by atoms with Gasteiger partial charge in [-0.25, -0.2) is 4.98 Å². The van der Waals surface area contributed by atoms with Crippen LogP contribution in [0.1, 0.15) is 61.9 Å². The van der Waals surface area contributed by atoms with Crippen LogP contribution in [0.25, 0.3) is 27.6 Å². The summed E-state index contributed by atoms with van der Waals surface area (Å²) < 4.78 is 2.36. The van der Waals surface area contributed by atoms with Gasteiger partial charge in [0.1, 0.15) is 5.82 Å². The van der Waals surface area contributed by atoms with Gasteiger partial charge < -0.3 is 4.90 Å². The number of para-hydroxylation sites is 1. The minimum atomic E-state index is -0.0235. The van der Waals surface area contributed by atoms with Crippen LogP contribution in [0.2, 0.25) is 0 Å². The van der Waals surface area contributed by atoms with E-state index in [0.29, 0.717) is 0 Å². The molecule has 2 heterocycles. The molecule has 0 N–H and O–H groups in total. The van der Waals surface area contributed by atoms with E-state index in [9.17, 15) is 0 Å². The fourth-order valence-corrected chi connectivity index (χ4v) is 6.96. The average molecular weight is 614 g/mol. The van der Waals surface area contributed by atoms with Gasteiger partial charge >= 0.3 is 0 Å². The maximum Gasteiger partial charge on any atom is 0.137 e. The van der Waals surface area contributed by atoms with Crippen molar-refractivity contribution in [3.8, 4) is 5.82 Å². The number of nitrogens with zero attached hydrogens (tertiary/aromatic N) is 3. The van der Waals surface area contributed by atoms with Crippen LogP contribution in [0.5, 0.6) is 0 Å². The van der Waals surface area contributed by atoms with Crippen LogP contribution in [0, 0.1) is 6.92 Å². The molecule has 0 saturated heterocycles. The van der Waals surface area contributed by atoms with Crippen molar-refractivity contribution in [3.63, 3.8) is 0 Å². The van der Waals surface area contributed by atoms with Crippen molar-refractivity contribution < 1.29 is 0 Å². The maximum atomic E-state index is 4.94. The zero-order chi connectivity index (χ0) is 32.8. The molecule has 3 heteroatoms. The molecule has 7 rings (SSSR count). The molecular formula is C44H43N3. The number of fused-ring (bicyclic) bond motifs is 3. The maximum absolute atomic E-state index is 4.94. The summed E-state index contributed by atoms with van der Waals surface area (Å²) in [5.41, 5.74) is 11.0. The first kappa shape index (κ1) is 30.5. The van der Waals surface area contributed by atoms with Crippen LogP contribution >= 0.6 is 0 Å². The molecule has 1 unspecified atom stereocenters. The van der Waals surface area contributed by atoms with E-state index in [0.717, 1.165) is 30.0 Å². The number of benzene rings is 4. The van der Waals surface area contributed by atoms with Gasteiger partial charge in [0.05, 0.1) is 11.0 Å². The first-order valence-electron chi connectivity index (χ1n) is 16.6. The molecule has 0 bridgehead atoms.